The third-order valence-electron chi connectivity index (χ3n) is 5.11. The van der Waals surface area contributed by atoms with Crippen LogP contribution in [0, 0.1) is 0 Å². The number of carboxylic acid groups (broad SMARTS) is 1. The van der Waals surface area contributed by atoms with E-state index in [9.17, 15) is 9.59 Å². The highest BCUT2D eigenvalue weighted by Gasteiger charge is 2.33. The van der Waals surface area contributed by atoms with Gasteiger partial charge in [0.2, 0.25) is 0 Å². The van der Waals surface area contributed by atoms with Crippen molar-refractivity contribution in [2.75, 3.05) is 19.8 Å². The maximum Gasteiger partial charge on any atom is 0.335 e. The highest BCUT2D eigenvalue weighted by molar-refractivity contribution is 5.87. The summed E-state index contributed by atoms with van der Waals surface area (Å²) in [5, 5.41) is 11.9. The molecule has 7 heteroatoms. The fourth-order valence-corrected chi connectivity index (χ4v) is 3.74. The Morgan fingerprint density at radius 1 is 1.11 bits per heavy atom. The normalized spacial score (nSPS) is 18.0. The van der Waals surface area contributed by atoms with Crippen molar-refractivity contribution in [3.63, 3.8) is 0 Å². The van der Waals surface area contributed by atoms with E-state index in [4.69, 9.17) is 14.6 Å². The maximum atomic E-state index is 12.8. The second kappa shape index (κ2) is 7.80. The lowest BCUT2D eigenvalue weighted by Crippen LogP contribution is -2.39. The number of nitrogens with one attached hydrogen (secondary N) is 1. The van der Waals surface area contributed by atoms with E-state index in [2.05, 4.69) is 5.32 Å². The molecule has 2 aromatic rings. The van der Waals surface area contributed by atoms with Gasteiger partial charge in [-0.25, -0.2) is 9.59 Å². The Balaban J connectivity index is 1.45. The van der Waals surface area contributed by atoms with Crippen LogP contribution in [0.1, 0.15) is 40.4 Å². The predicted octanol–water partition coefficient (Wildman–Crippen LogP) is 3.20. The van der Waals surface area contributed by atoms with Gasteiger partial charge >= 0.3 is 12.0 Å². The lowest BCUT2D eigenvalue weighted by atomic mass is 10.0. The van der Waals surface area contributed by atoms with Crippen molar-refractivity contribution < 1.29 is 24.2 Å². The van der Waals surface area contributed by atoms with E-state index in [-0.39, 0.29) is 17.6 Å². The van der Waals surface area contributed by atoms with E-state index >= 15 is 0 Å². The number of hydrogen-bond acceptors (Lipinski definition) is 4. The summed E-state index contributed by atoms with van der Waals surface area (Å²) < 4.78 is 11.5. The predicted molar refractivity (Wildman–Crippen MR) is 102 cm³/mol. The number of hydrogen-bond donors (Lipinski definition) is 2. The number of likely N-dealkylation sites (tertiary alicyclic amines) is 1. The molecule has 0 aromatic heterocycles. The summed E-state index contributed by atoms with van der Waals surface area (Å²) >= 11 is 0. The molecule has 0 saturated carbocycles. The maximum absolute atomic E-state index is 12.8. The lowest BCUT2D eigenvalue weighted by molar-refractivity contribution is 0.0697. The molecule has 1 atom stereocenters. The summed E-state index contributed by atoms with van der Waals surface area (Å²) in [4.78, 5) is 25.6. The van der Waals surface area contributed by atoms with E-state index in [0.717, 1.165) is 35.5 Å². The van der Waals surface area contributed by atoms with Crippen LogP contribution in [0.25, 0.3) is 0 Å². The van der Waals surface area contributed by atoms with Crippen LogP contribution in [-0.4, -0.2) is 41.8 Å². The van der Waals surface area contributed by atoms with Gasteiger partial charge in [0.25, 0.3) is 0 Å². The SMILES string of the molecule is O=C(O)c1ccc(CNC(=O)N2CCCC2c2cccc3c2OCCO3)cc1. The fraction of sp³-hybridized carbons (Fsp3) is 0.333. The number of rotatable bonds is 4. The summed E-state index contributed by atoms with van der Waals surface area (Å²) in [5.74, 6) is 0.505. The van der Waals surface area contributed by atoms with Gasteiger partial charge < -0.3 is 24.8 Å². The van der Waals surface area contributed by atoms with Crippen LogP contribution < -0.4 is 14.8 Å². The largest absolute Gasteiger partial charge is 0.486 e. The Morgan fingerprint density at radius 2 is 1.89 bits per heavy atom. The van der Waals surface area contributed by atoms with E-state index in [1.165, 1.54) is 12.1 Å². The Hall–Kier alpha value is -3.22. The molecule has 0 bridgehead atoms. The van der Waals surface area contributed by atoms with Crippen molar-refractivity contribution >= 4 is 12.0 Å². The van der Waals surface area contributed by atoms with Crippen molar-refractivity contribution in [2.45, 2.75) is 25.4 Å². The summed E-state index contributed by atoms with van der Waals surface area (Å²) in [6.45, 7) is 2.06. The van der Waals surface area contributed by atoms with Gasteiger partial charge in [0.05, 0.1) is 11.6 Å². The van der Waals surface area contributed by atoms with Crippen LogP contribution in [0.5, 0.6) is 11.5 Å². The summed E-state index contributed by atoms with van der Waals surface area (Å²) in [6, 6.07) is 12.1. The molecular formula is C21H22N2O5. The number of amides is 2. The van der Waals surface area contributed by atoms with Gasteiger partial charge in [-0.2, -0.15) is 0 Å². The summed E-state index contributed by atoms with van der Waals surface area (Å²) in [5.41, 5.74) is 2.06. The first-order valence-corrected chi connectivity index (χ1v) is 9.38. The first kappa shape index (κ1) is 18.2. The second-order valence-corrected chi connectivity index (χ2v) is 6.88. The Labute approximate surface area is 162 Å². The van der Waals surface area contributed by atoms with E-state index in [0.29, 0.717) is 26.3 Å². The molecule has 2 amide bonds. The lowest BCUT2D eigenvalue weighted by Gasteiger charge is -2.29. The zero-order chi connectivity index (χ0) is 19.5. The minimum Gasteiger partial charge on any atom is -0.486 e. The number of carboxylic acids is 1. The van der Waals surface area contributed by atoms with Gasteiger partial charge in [-0.1, -0.05) is 24.3 Å². The zero-order valence-corrected chi connectivity index (χ0v) is 15.4. The highest BCUT2D eigenvalue weighted by atomic mass is 16.6. The molecule has 28 heavy (non-hydrogen) atoms. The number of carbonyl (C=O) groups is 2. The first-order valence-electron chi connectivity index (χ1n) is 9.38. The van der Waals surface area contributed by atoms with Gasteiger partial charge in [0.15, 0.2) is 11.5 Å². The molecule has 2 heterocycles. The van der Waals surface area contributed by atoms with E-state index < -0.39 is 5.97 Å². The average molecular weight is 382 g/mol. The number of ether oxygens (including phenoxy) is 2. The molecule has 4 rings (SSSR count). The molecule has 2 aliphatic heterocycles. The van der Waals surface area contributed by atoms with E-state index in [1.807, 2.05) is 23.1 Å². The number of nitrogens with zero attached hydrogens (tertiary/aromatic N) is 1. The van der Waals surface area contributed by atoms with Gasteiger partial charge in [0, 0.05) is 18.7 Å². The molecule has 2 aromatic carbocycles. The Bertz CT molecular complexity index is 881. The topological polar surface area (TPSA) is 88.1 Å². The third kappa shape index (κ3) is 3.60. The van der Waals surface area contributed by atoms with Crippen molar-refractivity contribution in [2.24, 2.45) is 0 Å². The quantitative estimate of drug-likeness (QED) is 0.848. The van der Waals surface area contributed by atoms with Crippen LogP contribution in [-0.2, 0) is 6.54 Å². The fourth-order valence-electron chi connectivity index (χ4n) is 3.74. The molecule has 7 nitrogen and oxygen atoms in total. The van der Waals surface area contributed by atoms with Crippen molar-refractivity contribution in [3.8, 4) is 11.5 Å². The molecule has 1 saturated heterocycles. The van der Waals surface area contributed by atoms with E-state index in [1.54, 1.807) is 12.1 Å². The van der Waals surface area contributed by atoms with Crippen LogP contribution in [0.4, 0.5) is 4.79 Å². The number of urea groups is 1. The zero-order valence-electron chi connectivity index (χ0n) is 15.4. The van der Waals surface area contributed by atoms with Crippen LogP contribution in [0.2, 0.25) is 0 Å². The number of fused-ring (bicyclic) bond motifs is 1. The molecule has 0 radical (unpaired) electrons. The van der Waals surface area contributed by atoms with Gasteiger partial charge in [-0.3, -0.25) is 0 Å². The monoisotopic (exact) mass is 382 g/mol. The summed E-state index contributed by atoms with van der Waals surface area (Å²) in [6.07, 6.45) is 1.80. The minimum absolute atomic E-state index is 0.0500. The Morgan fingerprint density at radius 3 is 2.68 bits per heavy atom. The summed E-state index contributed by atoms with van der Waals surface area (Å²) in [7, 11) is 0. The molecule has 2 N–H and O–H groups in total. The standard InChI is InChI=1S/C21H22N2O5/c24-20(25)15-8-6-14(7-9-15)13-22-21(26)23-10-2-4-17(23)16-3-1-5-18-19(16)28-12-11-27-18/h1,3,5-9,17H,2,4,10-13H2,(H,22,26)(H,24,25). The molecule has 2 aliphatic rings. The second-order valence-electron chi connectivity index (χ2n) is 6.88. The van der Waals surface area contributed by atoms with Crippen molar-refractivity contribution in [1.29, 1.82) is 0 Å². The number of para-hydroxylation sites is 1. The minimum atomic E-state index is -0.965. The third-order valence-corrected chi connectivity index (χ3v) is 5.11. The van der Waals surface area contributed by atoms with Crippen molar-refractivity contribution in [3.05, 3.63) is 59.2 Å². The molecular weight excluding hydrogens is 360 g/mol. The molecule has 0 spiro atoms. The van der Waals surface area contributed by atoms with Gasteiger partial charge in [-0.15, -0.1) is 0 Å². The molecule has 1 unspecified atom stereocenters. The van der Waals surface area contributed by atoms with Crippen LogP contribution >= 0.6 is 0 Å². The highest BCUT2D eigenvalue weighted by Crippen LogP contribution is 2.42. The van der Waals surface area contributed by atoms with Crippen molar-refractivity contribution in [1.82, 2.24) is 10.2 Å². The Kier molecular flexibility index (Phi) is 5.06. The van der Waals surface area contributed by atoms with Gasteiger partial charge in [-0.05, 0) is 36.6 Å². The number of benzene rings is 2. The van der Waals surface area contributed by atoms with Crippen LogP contribution in [0.3, 0.4) is 0 Å². The van der Waals surface area contributed by atoms with Gasteiger partial charge in [0.1, 0.15) is 13.2 Å². The first-order chi connectivity index (χ1) is 13.6. The molecule has 146 valence electrons. The smallest absolute Gasteiger partial charge is 0.335 e. The van der Waals surface area contributed by atoms with Crippen LogP contribution in [0.15, 0.2) is 42.5 Å². The number of aromatic carboxylic acids is 1. The molecule has 0 aliphatic carbocycles. The average Bonchev–Trinajstić information content (AvgIpc) is 3.21. The number of carbonyl (C=O) groups excluding carboxylic acids is 1. The molecule has 1 fully saturated rings.